The third kappa shape index (κ3) is 6.74. The van der Waals surface area contributed by atoms with Gasteiger partial charge < -0.3 is 5.32 Å². The largest absolute Gasteiger partial charge is 0.317 e. The molecular weight excluding hydrogens is 246 g/mol. The lowest BCUT2D eigenvalue weighted by Crippen LogP contribution is -2.28. The van der Waals surface area contributed by atoms with Crippen LogP contribution >= 0.6 is 0 Å². The third-order valence-corrected chi connectivity index (χ3v) is 5.09. The Kier molecular flexibility index (Phi) is 7.23. The van der Waals surface area contributed by atoms with Crippen LogP contribution in [0.25, 0.3) is 0 Å². The van der Waals surface area contributed by atoms with Gasteiger partial charge in [0.1, 0.15) is 9.84 Å². The summed E-state index contributed by atoms with van der Waals surface area (Å²) in [5, 5.41) is 3.46. The molecule has 0 aliphatic heterocycles. The van der Waals surface area contributed by atoms with Gasteiger partial charge in [0, 0.05) is 12.0 Å². The van der Waals surface area contributed by atoms with Crippen molar-refractivity contribution in [2.45, 2.75) is 51.9 Å². The van der Waals surface area contributed by atoms with E-state index in [9.17, 15) is 8.42 Å². The average Bonchev–Trinajstić information content (AvgIpc) is 2.50. The number of hydrogen-bond donors (Lipinski definition) is 1. The fraction of sp³-hybridized carbons (Fsp3) is 1.00. The van der Waals surface area contributed by atoms with Crippen molar-refractivity contribution < 1.29 is 8.42 Å². The minimum atomic E-state index is -2.78. The van der Waals surface area contributed by atoms with Crippen molar-refractivity contribution >= 4 is 9.84 Å². The van der Waals surface area contributed by atoms with E-state index in [-0.39, 0.29) is 0 Å². The Hall–Kier alpha value is -0.0900. The van der Waals surface area contributed by atoms with Crippen LogP contribution in [0.15, 0.2) is 0 Å². The maximum Gasteiger partial charge on any atom is 0.147 e. The van der Waals surface area contributed by atoms with E-state index in [0.717, 1.165) is 37.8 Å². The second kappa shape index (κ2) is 8.16. The van der Waals surface area contributed by atoms with Gasteiger partial charge in [0.05, 0.1) is 0 Å². The fourth-order valence-electron chi connectivity index (χ4n) is 3.05. The number of sulfone groups is 1. The monoisotopic (exact) mass is 275 g/mol. The molecule has 0 bridgehead atoms. The van der Waals surface area contributed by atoms with Crippen molar-refractivity contribution in [3.8, 4) is 0 Å². The number of hydrogen-bond acceptors (Lipinski definition) is 3. The van der Waals surface area contributed by atoms with Crippen molar-refractivity contribution in [3.05, 3.63) is 0 Å². The summed E-state index contributed by atoms with van der Waals surface area (Å²) in [6, 6.07) is 0. The SMILES string of the molecule is CCNCC1CCCCCC1CCCS(C)(=O)=O. The maximum atomic E-state index is 11.2. The maximum absolute atomic E-state index is 11.2. The van der Waals surface area contributed by atoms with E-state index >= 15 is 0 Å². The Labute approximate surface area is 113 Å². The highest BCUT2D eigenvalue weighted by Crippen LogP contribution is 2.31. The molecule has 0 aromatic carbocycles. The fourth-order valence-corrected chi connectivity index (χ4v) is 3.74. The number of rotatable bonds is 7. The van der Waals surface area contributed by atoms with Gasteiger partial charge in [-0.05, 0) is 44.2 Å². The Balaban J connectivity index is 2.40. The molecule has 1 aliphatic carbocycles. The zero-order chi connectivity index (χ0) is 13.4. The van der Waals surface area contributed by atoms with Gasteiger partial charge in [0.25, 0.3) is 0 Å². The molecule has 0 aromatic heterocycles. The number of nitrogens with one attached hydrogen (secondary N) is 1. The highest BCUT2D eigenvalue weighted by atomic mass is 32.2. The molecule has 0 spiro atoms. The van der Waals surface area contributed by atoms with Gasteiger partial charge >= 0.3 is 0 Å². The lowest BCUT2D eigenvalue weighted by Gasteiger charge is -2.25. The Bertz CT molecular complexity index is 314. The van der Waals surface area contributed by atoms with E-state index in [1.54, 1.807) is 0 Å². The first-order valence-corrected chi connectivity index (χ1v) is 9.47. The normalized spacial score (nSPS) is 25.9. The first kappa shape index (κ1) is 16.0. The van der Waals surface area contributed by atoms with Crippen LogP contribution in [-0.4, -0.2) is 33.5 Å². The Morgan fingerprint density at radius 2 is 1.78 bits per heavy atom. The summed E-state index contributed by atoms with van der Waals surface area (Å²) in [5.41, 5.74) is 0. The summed E-state index contributed by atoms with van der Waals surface area (Å²) in [7, 11) is -2.78. The molecular formula is C14H29NO2S. The van der Waals surface area contributed by atoms with Crippen molar-refractivity contribution in [2.24, 2.45) is 11.8 Å². The van der Waals surface area contributed by atoms with Crippen molar-refractivity contribution in [1.82, 2.24) is 5.32 Å². The smallest absolute Gasteiger partial charge is 0.147 e. The van der Waals surface area contributed by atoms with Crippen LogP contribution < -0.4 is 5.32 Å². The van der Waals surface area contributed by atoms with Crippen LogP contribution in [0.5, 0.6) is 0 Å². The van der Waals surface area contributed by atoms with Gasteiger partial charge in [-0.2, -0.15) is 0 Å². The molecule has 0 heterocycles. The molecule has 1 aliphatic rings. The van der Waals surface area contributed by atoms with Crippen LogP contribution in [0, 0.1) is 11.8 Å². The van der Waals surface area contributed by atoms with Crippen LogP contribution in [0.4, 0.5) is 0 Å². The lowest BCUT2D eigenvalue weighted by atomic mass is 9.84. The van der Waals surface area contributed by atoms with Crippen LogP contribution in [-0.2, 0) is 9.84 Å². The summed E-state index contributed by atoms with van der Waals surface area (Å²) in [6.45, 7) is 4.29. The molecule has 0 radical (unpaired) electrons. The van der Waals surface area contributed by atoms with Crippen LogP contribution in [0.2, 0.25) is 0 Å². The average molecular weight is 275 g/mol. The highest BCUT2D eigenvalue weighted by Gasteiger charge is 2.23. The van der Waals surface area contributed by atoms with Crippen LogP contribution in [0.3, 0.4) is 0 Å². The van der Waals surface area contributed by atoms with E-state index in [4.69, 9.17) is 0 Å². The van der Waals surface area contributed by atoms with Gasteiger partial charge in [-0.1, -0.05) is 32.6 Å². The van der Waals surface area contributed by atoms with E-state index in [1.165, 1.54) is 38.4 Å². The zero-order valence-corrected chi connectivity index (χ0v) is 12.8. The standard InChI is InChI=1S/C14H29NO2S/c1-3-15-12-14-9-6-4-5-8-13(14)10-7-11-18(2,16)17/h13-15H,3-12H2,1-2H3. The summed E-state index contributed by atoms with van der Waals surface area (Å²) >= 11 is 0. The summed E-state index contributed by atoms with van der Waals surface area (Å²) in [4.78, 5) is 0. The topological polar surface area (TPSA) is 46.2 Å². The molecule has 1 rings (SSSR count). The predicted octanol–water partition coefficient (Wildman–Crippen LogP) is 2.62. The Morgan fingerprint density at radius 1 is 1.11 bits per heavy atom. The molecule has 0 amide bonds. The molecule has 2 atom stereocenters. The predicted molar refractivity (Wildman–Crippen MR) is 77.6 cm³/mol. The van der Waals surface area contributed by atoms with Crippen molar-refractivity contribution in [2.75, 3.05) is 25.1 Å². The highest BCUT2D eigenvalue weighted by molar-refractivity contribution is 7.90. The summed E-state index contributed by atoms with van der Waals surface area (Å²) < 4.78 is 22.4. The quantitative estimate of drug-likeness (QED) is 0.727. The van der Waals surface area contributed by atoms with Gasteiger partial charge in [-0.15, -0.1) is 0 Å². The summed E-state index contributed by atoms with van der Waals surface area (Å²) in [6.07, 6.45) is 9.90. The minimum absolute atomic E-state index is 0.359. The van der Waals surface area contributed by atoms with E-state index in [1.807, 2.05) is 0 Å². The molecule has 2 unspecified atom stereocenters. The van der Waals surface area contributed by atoms with Gasteiger partial charge in [0.15, 0.2) is 0 Å². The molecule has 3 nitrogen and oxygen atoms in total. The van der Waals surface area contributed by atoms with Gasteiger partial charge in [-0.3, -0.25) is 0 Å². The summed E-state index contributed by atoms with van der Waals surface area (Å²) in [5.74, 6) is 1.84. The van der Waals surface area contributed by atoms with Gasteiger partial charge in [0.2, 0.25) is 0 Å². The molecule has 4 heteroatoms. The molecule has 108 valence electrons. The molecule has 1 fully saturated rings. The molecule has 18 heavy (non-hydrogen) atoms. The molecule has 1 saturated carbocycles. The first-order valence-electron chi connectivity index (χ1n) is 7.41. The van der Waals surface area contributed by atoms with Crippen molar-refractivity contribution in [3.63, 3.8) is 0 Å². The lowest BCUT2D eigenvalue weighted by molar-refractivity contribution is 0.283. The molecule has 0 aromatic rings. The zero-order valence-electron chi connectivity index (χ0n) is 12.0. The van der Waals surface area contributed by atoms with Crippen LogP contribution in [0.1, 0.15) is 51.9 Å². The van der Waals surface area contributed by atoms with E-state index < -0.39 is 9.84 Å². The first-order chi connectivity index (χ1) is 8.53. The third-order valence-electron chi connectivity index (χ3n) is 4.06. The van der Waals surface area contributed by atoms with E-state index in [0.29, 0.717) is 5.75 Å². The minimum Gasteiger partial charge on any atom is -0.317 e. The van der Waals surface area contributed by atoms with Gasteiger partial charge in [-0.25, -0.2) is 8.42 Å². The van der Waals surface area contributed by atoms with Crippen molar-refractivity contribution in [1.29, 1.82) is 0 Å². The van der Waals surface area contributed by atoms with E-state index in [2.05, 4.69) is 12.2 Å². The Morgan fingerprint density at radius 3 is 2.39 bits per heavy atom. The second-order valence-electron chi connectivity index (χ2n) is 5.74. The second-order valence-corrected chi connectivity index (χ2v) is 8.00. The molecule has 0 saturated heterocycles. The molecule has 1 N–H and O–H groups in total.